The molecule has 1 saturated heterocycles. The summed E-state index contributed by atoms with van der Waals surface area (Å²) in [6.07, 6.45) is 1.05. The van der Waals surface area contributed by atoms with E-state index in [-0.39, 0.29) is 6.04 Å². The van der Waals surface area contributed by atoms with Gasteiger partial charge in [-0.3, -0.25) is 0 Å². The fourth-order valence-corrected chi connectivity index (χ4v) is 1.87. The summed E-state index contributed by atoms with van der Waals surface area (Å²) in [5, 5.41) is 0. The van der Waals surface area contributed by atoms with Gasteiger partial charge in [0.25, 0.3) is 0 Å². The van der Waals surface area contributed by atoms with E-state index in [1.165, 1.54) is 5.56 Å². The van der Waals surface area contributed by atoms with Gasteiger partial charge >= 0.3 is 0 Å². The average Bonchev–Trinajstić information content (AvgIpc) is 2.20. The second-order valence-electron chi connectivity index (χ2n) is 3.54. The monoisotopic (exact) mass is 177 g/mol. The van der Waals surface area contributed by atoms with E-state index in [1.807, 2.05) is 6.07 Å². The third-order valence-electron chi connectivity index (χ3n) is 2.63. The van der Waals surface area contributed by atoms with Gasteiger partial charge in [-0.15, -0.1) is 0 Å². The maximum atomic E-state index is 5.99. The van der Waals surface area contributed by atoms with Gasteiger partial charge in [-0.05, 0) is 12.0 Å². The van der Waals surface area contributed by atoms with Gasteiger partial charge in [0.1, 0.15) is 0 Å². The molecule has 0 amide bonds. The first-order valence-electron chi connectivity index (χ1n) is 4.76. The molecule has 1 aliphatic rings. The van der Waals surface area contributed by atoms with Gasteiger partial charge in [0.05, 0.1) is 6.61 Å². The fraction of sp³-hybridized carbons (Fsp3) is 0.455. The van der Waals surface area contributed by atoms with Crippen molar-refractivity contribution in [2.24, 2.45) is 5.73 Å². The minimum Gasteiger partial charge on any atom is -0.380 e. The highest BCUT2D eigenvalue weighted by Crippen LogP contribution is 2.25. The third-order valence-corrected chi connectivity index (χ3v) is 2.63. The van der Waals surface area contributed by atoms with Crippen LogP contribution in [-0.4, -0.2) is 19.3 Å². The lowest BCUT2D eigenvalue weighted by atomic mass is 9.88. The van der Waals surface area contributed by atoms with Crippen molar-refractivity contribution in [3.63, 3.8) is 0 Å². The maximum absolute atomic E-state index is 5.99. The number of ether oxygens (including phenoxy) is 1. The van der Waals surface area contributed by atoms with Crippen molar-refractivity contribution >= 4 is 0 Å². The molecule has 70 valence electrons. The van der Waals surface area contributed by atoms with E-state index >= 15 is 0 Å². The topological polar surface area (TPSA) is 35.2 Å². The van der Waals surface area contributed by atoms with Gasteiger partial charge in [-0.1, -0.05) is 30.3 Å². The quantitative estimate of drug-likeness (QED) is 0.705. The van der Waals surface area contributed by atoms with Crippen molar-refractivity contribution in [1.82, 2.24) is 0 Å². The van der Waals surface area contributed by atoms with Crippen molar-refractivity contribution in [3.05, 3.63) is 35.9 Å². The molecule has 1 aromatic carbocycles. The highest BCUT2D eigenvalue weighted by molar-refractivity contribution is 5.21. The predicted molar refractivity (Wildman–Crippen MR) is 52.6 cm³/mol. The van der Waals surface area contributed by atoms with Crippen LogP contribution in [0.15, 0.2) is 30.3 Å². The molecule has 0 radical (unpaired) electrons. The Kier molecular flexibility index (Phi) is 2.62. The zero-order valence-electron chi connectivity index (χ0n) is 7.65. The number of hydrogen-bond donors (Lipinski definition) is 1. The van der Waals surface area contributed by atoms with Crippen LogP contribution in [0.4, 0.5) is 0 Å². The van der Waals surface area contributed by atoms with E-state index in [4.69, 9.17) is 10.5 Å². The summed E-state index contributed by atoms with van der Waals surface area (Å²) in [5.74, 6) is 0.481. The van der Waals surface area contributed by atoms with Crippen molar-refractivity contribution in [3.8, 4) is 0 Å². The minimum atomic E-state index is 0.163. The molecule has 0 bridgehead atoms. The first-order chi connectivity index (χ1) is 6.38. The molecule has 13 heavy (non-hydrogen) atoms. The van der Waals surface area contributed by atoms with Crippen molar-refractivity contribution in [2.75, 3.05) is 13.2 Å². The Morgan fingerprint density at radius 2 is 2.00 bits per heavy atom. The maximum Gasteiger partial charge on any atom is 0.0623 e. The van der Waals surface area contributed by atoms with Crippen LogP contribution in [0, 0.1) is 0 Å². The summed E-state index contributed by atoms with van der Waals surface area (Å²) in [6.45, 7) is 1.53. The van der Waals surface area contributed by atoms with Gasteiger partial charge < -0.3 is 10.5 Å². The fourth-order valence-electron chi connectivity index (χ4n) is 1.87. The van der Waals surface area contributed by atoms with E-state index in [1.54, 1.807) is 0 Å². The van der Waals surface area contributed by atoms with Crippen LogP contribution in [0.25, 0.3) is 0 Å². The smallest absolute Gasteiger partial charge is 0.0623 e. The Labute approximate surface area is 78.7 Å². The summed E-state index contributed by atoms with van der Waals surface area (Å²) >= 11 is 0. The average molecular weight is 177 g/mol. The van der Waals surface area contributed by atoms with Crippen molar-refractivity contribution < 1.29 is 4.74 Å². The Bertz CT molecular complexity index is 260. The molecule has 0 aromatic heterocycles. The van der Waals surface area contributed by atoms with Crippen molar-refractivity contribution in [1.29, 1.82) is 0 Å². The van der Waals surface area contributed by atoms with Gasteiger partial charge in [0.15, 0.2) is 0 Å². The largest absolute Gasteiger partial charge is 0.380 e. The first-order valence-corrected chi connectivity index (χ1v) is 4.76. The first kappa shape index (κ1) is 8.73. The Balaban J connectivity index is 2.15. The number of rotatable bonds is 1. The Hall–Kier alpha value is -0.860. The van der Waals surface area contributed by atoms with E-state index in [0.717, 1.165) is 13.0 Å². The SMILES string of the molecule is N[C@@H]1COCC[C@@H]1c1ccccc1. The lowest BCUT2D eigenvalue weighted by Crippen LogP contribution is -2.37. The molecule has 0 unspecified atom stereocenters. The van der Waals surface area contributed by atoms with Gasteiger partial charge in [-0.2, -0.15) is 0 Å². The summed E-state index contributed by atoms with van der Waals surface area (Å²) in [4.78, 5) is 0. The van der Waals surface area contributed by atoms with Crippen molar-refractivity contribution in [2.45, 2.75) is 18.4 Å². The van der Waals surface area contributed by atoms with Crippen LogP contribution in [0.5, 0.6) is 0 Å². The molecule has 1 aromatic rings. The van der Waals surface area contributed by atoms with Crippen LogP contribution in [0.2, 0.25) is 0 Å². The summed E-state index contributed by atoms with van der Waals surface area (Å²) in [6, 6.07) is 10.6. The summed E-state index contributed by atoms with van der Waals surface area (Å²) in [5.41, 5.74) is 7.33. The number of hydrogen-bond acceptors (Lipinski definition) is 2. The van der Waals surface area contributed by atoms with E-state index < -0.39 is 0 Å². The van der Waals surface area contributed by atoms with Gasteiger partial charge in [0, 0.05) is 18.6 Å². The minimum absolute atomic E-state index is 0.163. The van der Waals surface area contributed by atoms with Gasteiger partial charge in [0.2, 0.25) is 0 Å². The van der Waals surface area contributed by atoms with E-state index in [9.17, 15) is 0 Å². The molecule has 2 atom stereocenters. The number of benzene rings is 1. The summed E-state index contributed by atoms with van der Waals surface area (Å²) in [7, 11) is 0. The molecular formula is C11H15NO. The van der Waals surface area contributed by atoms with Gasteiger partial charge in [-0.25, -0.2) is 0 Å². The van der Waals surface area contributed by atoms with E-state index in [2.05, 4.69) is 24.3 Å². The van der Waals surface area contributed by atoms with Crippen LogP contribution >= 0.6 is 0 Å². The number of nitrogens with two attached hydrogens (primary N) is 1. The lowest BCUT2D eigenvalue weighted by molar-refractivity contribution is 0.0696. The predicted octanol–water partition coefficient (Wildman–Crippen LogP) is 1.52. The Morgan fingerprint density at radius 3 is 2.69 bits per heavy atom. The lowest BCUT2D eigenvalue weighted by Gasteiger charge is -2.28. The molecule has 1 heterocycles. The van der Waals surface area contributed by atoms with Crippen LogP contribution in [0.3, 0.4) is 0 Å². The second-order valence-corrected chi connectivity index (χ2v) is 3.54. The van der Waals surface area contributed by atoms with E-state index in [0.29, 0.717) is 12.5 Å². The van der Waals surface area contributed by atoms with Crippen LogP contribution in [-0.2, 0) is 4.74 Å². The second kappa shape index (κ2) is 3.90. The molecule has 0 spiro atoms. The normalized spacial score (nSPS) is 28.7. The molecule has 0 aliphatic carbocycles. The zero-order chi connectivity index (χ0) is 9.10. The molecule has 1 fully saturated rings. The molecule has 2 nitrogen and oxygen atoms in total. The highest BCUT2D eigenvalue weighted by atomic mass is 16.5. The Morgan fingerprint density at radius 1 is 1.23 bits per heavy atom. The molecule has 2 N–H and O–H groups in total. The molecule has 2 heteroatoms. The molecular weight excluding hydrogens is 162 g/mol. The highest BCUT2D eigenvalue weighted by Gasteiger charge is 2.23. The molecule has 2 rings (SSSR count). The zero-order valence-corrected chi connectivity index (χ0v) is 7.65. The molecule has 1 aliphatic heterocycles. The third kappa shape index (κ3) is 1.90. The molecule has 0 saturated carbocycles. The van der Waals surface area contributed by atoms with Crippen LogP contribution in [0.1, 0.15) is 17.9 Å². The standard InChI is InChI=1S/C11H15NO/c12-11-8-13-7-6-10(11)9-4-2-1-3-5-9/h1-5,10-11H,6-8,12H2/t10-,11-/m1/s1. The summed E-state index contributed by atoms with van der Waals surface area (Å²) < 4.78 is 5.31. The van der Waals surface area contributed by atoms with Crippen LogP contribution < -0.4 is 5.73 Å².